The van der Waals surface area contributed by atoms with Crippen molar-refractivity contribution < 1.29 is 4.39 Å². The molecule has 0 aliphatic heterocycles. The number of aromatic nitrogens is 3. The van der Waals surface area contributed by atoms with Gasteiger partial charge in [-0.3, -0.25) is 4.68 Å². The predicted octanol–water partition coefficient (Wildman–Crippen LogP) is 2.74. The zero-order valence-electron chi connectivity index (χ0n) is 11.5. The molecule has 0 aliphatic carbocycles. The molecule has 1 aromatic heterocycles. The van der Waals surface area contributed by atoms with Gasteiger partial charge in [0.15, 0.2) is 0 Å². The molecular formula is C14H20FN3Si. The van der Waals surface area contributed by atoms with Gasteiger partial charge in [-0.1, -0.05) is 49.7 Å². The fraction of sp³-hybridized carbons (Fsp3) is 0.429. The van der Waals surface area contributed by atoms with Gasteiger partial charge in [0, 0.05) is 6.17 Å². The molecule has 0 aliphatic rings. The standard InChI is InChI=1S/C14H20FN3Si/c1-3-4-9-19(2,12-18-11-16-10-17-18)14-7-5-13(15)6-8-14/h5-8,10-11H,3-4,9,12H2,1-2H3. The number of rotatable bonds is 6. The Morgan fingerprint density at radius 1 is 1.26 bits per heavy atom. The Kier molecular flexibility index (Phi) is 4.47. The van der Waals surface area contributed by atoms with E-state index in [2.05, 4.69) is 23.6 Å². The van der Waals surface area contributed by atoms with Crippen LogP contribution in [0.1, 0.15) is 19.8 Å². The van der Waals surface area contributed by atoms with Gasteiger partial charge in [0.05, 0.1) is 0 Å². The van der Waals surface area contributed by atoms with E-state index in [0.717, 1.165) is 6.17 Å². The van der Waals surface area contributed by atoms with E-state index in [1.54, 1.807) is 24.8 Å². The highest BCUT2D eigenvalue weighted by Gasteiger charge is 2.29. The molecule has 1 heterocycles. The molecule has 0 radical (unpaired) electrons. The van der Waals surface area contributed by atoms with Crippen molar-refractivity contribution in [2.75, 3.05) is 0 Å². The Labute approximate surface area is 114 Å². The Bertz CT molecular complexity index is 498. The maximum absolute atomic E-state index is 13.1. The van der Waals surface area contributed by atoms with Gasteiger partial charge in [0.1, 0.15) is 26.5 Å². The molecule has 1 aromatic carbocycles. The molecule has 0 fully saturated rings. The molecule has 2 rings (SSSR count). The molecule has 0 amide bonds. The maximum Gasteiger partial charge on any atom is 0.137 e. The van der Waals surface area contributed by atoms with Crippen LogP contribution in [0.4, 0.5) is 4.39 Å². The van der Waals surface area contributed by atoms with Crippen LogP contribution < -0.4 is 5.19 Å². The highest BCUT2D eigenvalue weighted by molar-refractivity contribution is 6.89. The van der Waals surface area contributed by atoms with Crippen LogP contribution in [0.2, 0.25) is 12.6 Å². The minimum Gasteiger partial charge on any atom is -0.256 e. The Hall–Kier alpha value is -1.49. The van der Waals surface area contributed by atoms with Crippen molar-refractivity contribution in [2.45, 2.75) is 38.5 Å². The summed E-state index contributed by atoms with van der Waals surface area (Å²) in [4.78, 5) is 4.01. The molecule has 2 aromatic rings. The van der Waals surface area contributed by atoms with Crippen LogP contribution in [0.15, 0.2) is 36.9 Å². The van der Waals surface area contributed by atoms with Crippen molar-refractivity contribution in [3.8, 4) is 0 Å². The minimum absolute atomic E-state index is 0.170. The Balaban J connectivity index is 2.25. The van der Waals surface area contributed by atoms with Crippen molar-refractivity contribution >= 4 is 13.3 Å². The van der Waals surface area contributed by atoms with Gasteiger partial charge in [-0.2, -0.15) is 5.10 Å². The molecule has 0 bridgehead atoms. The molecule has 0 saturated heterocycles. The largest absolute Gasteiger partial charge is 0.256 e. The number of hydrogen-bond donors (Lipinski definition) is 0. The van der Waals surface area contributed by atoms with Crippen LogP contribution in [-0.4, -0.2) is 22.8 Å². The average molecular weight is 277 g/mol. The van der Waals surface area contributed by atoms with Gasteiger partial charge in [-0.05, 0) is 12.1 Å². The summed E-state index contributed by atoms with van der Waals surface area (Å²) in [6.07, 6.45) is 6.62. The second-order valence-electron chi connectivity index (χ2n) is 5.26. The van der Waals surface area contributed by atoms with Gasteiger partial charge in [0.2, 0.25) is 0 Å². The molecule has 5 heteroatoms. The molecular weight excluding hydrogens is 257 g/mol. The second-order valence-corrected chi connectivity index (χ2v) is 9.78. The number of halogens is 1. The zero-order valence-corrected chi connectivity index (χ0v) is 12.5. The van der Waals surface area contributed by atoms with Crippen LogP contribution in [0.5, 0.6) is 0 Å². The Morgan fingerprint density at radius 3 is 2.58 bits per heavy atom. The van der Waals surface area contributed by atoms with Crippen molar-refractivity contribution in [2.24, 2.45) is 0 Å². The van der Waals surface area contributed by atoms with Gasteiger partial charge in [0.25, 0.3) is 0 Å². The average Bonchev–Trinajstić information content (AvgIpc) is 2.90. The summed E-state index contributed by atoms with van der Waals surface area (Å²) in [5, 5.41) is 5.51. The fourth-order valence-corrected chi connectivity index (χ4v) is 6.02. The SMILES string of the molecule is CCCC[Si](C)(Cn1cncn1)c1ccc(F)cc1. The monoisotopic (exact) mass is 277 g/mol. The van der Waals surface area contributed by atoms with Crippen molar-refractivity contribution in [3.05, 3.63) is 42.7 Å². The first-order chi connectivity index (χ1) is 9.14. The summed E-state index contributed by atoms with van der Waals surface area (Å²) < 4.78 is 15.0. The van der Waals surface area contributed by atoms with E-state index in [-0.39, 0.29) is 5.82 Å². The predicted molar refractivity (Wildman–Crippen MR) is 77.4 cm³/mol. The fourth-order valence-electron chi connectivity index (χ4n) is 2.41. The normalized spacial score (nSPS) is 14.3. The lowest BCUT2D eigenvalue weighted by atomic mass is 10.3. The minimum atomic E-state index is -1.68. The first-order valence-corrected chi connectivity index (χ1v) is 9.64. The molecule has 0 spiro atoms. The van der Waals surface area contributed by atoms with Crippen molar-refractivity contribution in [3.63, 3.8) is 0 Å². The molecule has 1 atom stereocenters. The molecule has 3 nitrogen and oxygen atoms in total. The van der Waals surface area contributed by atoms with Crippen molar-refractivity contribution in [1.82, 2.24) is 14.8 Å². The number of hydrogen-bond acceptors (Lipinski definition) is 2. The topological polar surface area (TPSA) is 30.7 Å². The van der Waals surface area contributed by atoms with Crippen LogP contribution in [0.25, 0.3) is 0 Å². The van der Waals surface area contributed by atoms with Gasteiger partial charge in [-0.15, -0.1) is 0 Å². The van der Waals surface area contributed by atoms with E-state index in [4.69, 9.17) is 0 Å². The maximum atomic E-state index is 13.1. The van der Waals surface area contributed by atoms with Gasteiger partial charge < -0.3 is 0 Å². The lowest BCUT2D eigenvalue weighted by Crippen LogP contribution is -2.49. The smallest absolute Gasteiger partial charge is 0.137 e. The summed E-state index contributed by atoms with van der Waals surface area (Å²) in [7, 11) is -1.68. The van der Waals surface area contributed by atoms with E-state index >= 15 is 0 Å². The van der Waals surface area contributed by atoms with E-state index in [1.165, 1.54) is 24.1 Å². The summed E-state index contributed by atoms with van der Waals surface area (Å²) in [5.74, 6) is -0.170. The molecule has 102 valence electrons. The second kappa shape index (κ2) is 6.10. The molecule has 1 unspecified atom stereocenters. The quantitative estimate of drug-likeness (QED) is 0.760. The summed E-state index contributed by atoms with van der Waals surface area (Å²) in [6, 6.07) is 8.19. The van der Waals surface area contributed by atoms with Crippen LogP contribution >= 0.6 is 0 Å². The summed E-state index contributed by atoms with van der Waals surface area (Å²) >= 11 is 0. The number of unbranched alkanes of at least 4 members (excludes halogenated alkanes) is 1. The van der Waals surface area contributed by atoms with Crippen molar-refractivity contribution in [1.29, 1.82) is 0 Å². The Morgan fingerprint density at radius 2 is 2.00 bits per heavy atom. The van der Waals surface area contributed by atoms with Gasteiger partial charge in [-0.25, -0.2) is 9.37 Å². The highest BCUT2D eigenvalue weighted by Crippen LogP contribution is 2.16. The third-order valence-corrected chi connectivity index (χ3v) is 7.81. The number of nitrogens with zero attached hydrogens (tertiary/aromatic N) is 3. The van der Waals surface area contributed by atoms with Crippen LogP contribution in [0.3, 0.4) is 0 Å². The lowest BCUT2D eigenvalue weighted by molar-refractivity contribution is 0.628. The van der Waals surface area contributed by atoms with Crippen LogP contribution in [0, 0.1) is 5.82 Å². The van der Waals surface area contributed by atoms with Gasteiger partial charge >= 0.3 is 0 Å². The van der Waals surface area contributed by atoms with E-state index in [9.17, 15) is 4.39 Å². The molecule has 0 N–H and O–H groups in total. The molecule has 19 heavy (non-hydrogen) atoms. The first-order valence-electron chi connectivity index (χ1n) is 6.72. The lowest BCUT2D eigenvalue weighted by Gasteiger charge is -2.27. The number of benzene rings is 1. The van der Waals surface area contributed by atoms with E-state index in [1.807, 2.05) is 16.8 Å². The zero-order chi connectivity index (χ0) is 13.7. The van der Waals surface area contributed by atoms with E-state index < -0.39 is 8.07 Å². The summed E-state index contributed by atoms with van der Waals surface area (Å²) in [6.45, 7) is 4.55. The third-order valence-electron chi connectivity index (χ3n) is 3.60. The third kappa shape index (κ3) is 3.50. The first kappa shape index (κ1) is 13.9. The summed E-state index contributed by atoms with van der Waals surface area (Å²) in [5.41, 5.74) is 0. The van der Waals surface area contributed by atoms with E-state index in [0.29, 0.717) is 0 Å². The molecule has 0 saturated carbocycles. The highest BCUT2D eigenvalue weighted by atomic mass is 28.3. The van der Waals surface area contributed by atoms with Crippen LogP contribution in [-0.2, 0) is 6.17 Å².